The molecule has 3 heteroatoms. The van der Waals surface area contributed by atoms with Crippen LogP contribution in [0.5, 0.6) is 0 Å². The van der Waals surface area contributed by atoms with Crippen molar-refractivity contribution in [3.05, 3.63) is 23.4 Å². The Bertz CT molecular complexity index is 401. The second-order valence-electron chi connectivity index (χ2n) is 5.42. The fraction of sp³-hybridized carbons (Fsp3) is 0.667. The normalized spacial score (nSPS) is 16.7. The molecule has 1 heterocycles. The fourth-order valence-corrected chi connectivity index (χ4v) is 2.39. The summed E-state index contributed by atoms with van der Waals surface area (Å²) in [6, 6.07) is 4.57. The number of anilines is 1. The molecular formula is C15H24N2O. The van der Waals surface area contributed by atoms with Crippen molar-refractivity contribution in [1.82, 2.24) is 4.98 Å². The monoisotopic (exact) mass is 248 g/mol. The highest BCUT2D eigenvalue weighted by Gasteiger charge is 2.31. The van der Waals surface area contributed by atoms with Gasteiger partial charge in [0, 0.05) is 18.8 Å². The van der Waals surface area contributed by atoms with E-state index in [2.05, 4.69) is 25.8 Å². The van der Waals surface area contributed by atoms with E-state index >= 15 is 0 Å². The van der Waals surface area contributed by atoms with Crippen molar-refractivity contribution in [3.8, 4) is 0 Å². The first-order valence-electron chi connectivity index (χ1n) is 6.99. The zero-order chi connectivity index (χ0) is 13.1. The molecule has 1 aliphatic rings. The Morgan fingerprint density at radius 3 is 2.72 bits per heavy atom. The van der Waals surface area contributed by atoms with E-state index in [9.17, 15) is 5.11 Å². The van der Waals surface area contributed by atoms with E-state index in [-0.39, 0.29) is 6.61 Å². The molecular weight excluding hydrogens is 224 g/mol. The van der Waals surface area contributed by atoms with Crippen molar-refractivity contribution in [3.63, 3.8) is 0 Å². The highest BCUT2D eigenvalue weighted by atomic mass is 16.3. The molecule has 1 aliphatic carbocycles. The Morgan fingerprint density at radius 1 is 1.44 bits per heavy atom. The van der Waals surface area contributed by atoms with Crippen molar-refractivity contribution in [2.75, 3.05) is 11.9 Å². The van der Waals surface area contributed by atoms with Crippen LogP contribution in [0.25, 0.3) is 0 Å². The van der Waals surface area contributed by atoms with Gasteiger partial charge in [-0.1, -0.05) is 13.3 Å². The van der Waals surface area contributed by atoms with Gasteiger partial charge in [0.1, 0.15) is 5.82 Å². The molecule has 0 saturated heterocycles. The van der Waals surface area contributed by atoms with E-state index in [1.807, 2.05) is 12.1 Å². The van der Waals surface area contributed by atoms with Crippen molar-refractivity contribution < 1.29 is 5.11 Å². The van der Waals surface area contributed by atoms with Crippen LogP contribution in [0.3, 0.4) is 0 Å². The third-order valence-electron chi connectivity index (χ3n) is 3.89. The molecule has 1 saturated carbocycles. The van der Waals surface area contributed by atoms with Crippen molar-refractivity contribution in [2.45, 2.75) is 52.2 Å². The smallest absolute Gasteiger partial charge is 0.129 e. The third kappa shape index (κ3) is 3.02. The Labute approximate surface area is 110 Å². The Hall–Kier alpha value is -1.09. The minimum Gasteiger partial charge on any atom is -0.392 e. The molecule has 0 spiro atoms. The lowest BCUT2D eigenvalue weighted by molar-refractivity contribution is 0.281. The SMILES string of the molecule is CCCc1cc(CO)cc(N(C)C(C)C2CC2)n1. The first-order chi connectivity index (χ1) is 8.65. The minimum absolute atomic E-state index is 0.0951. The Morgan fingerprint density at radius 2 is 2.17 bits per heavy atom. The number of pyridine rings is 1. The molecule has 0 amide bonds. The van der Waals surface area contributed by atoms with Crippen LogP contribution in [-0.4, -0.2) is 23.2 Å². The van der Waals surface area contributed by atoms with Gasteiger partial charge in [-0.2, -0.15) is 0 Å². The van der Waals surface area contributed by atoms with E-state index in [1.165, 1.54) is 12.8 Å². The summed E-state index contributed by atoms with van der Waals surface area (Å²) >= 11 is 0. The van der Waals surface area contributed by atoms with Crippen LogP contribution in [0, 0.1) is 5.92 Å². The largest absolute Gasteiger partial charge is 0.392 e. The van der Waals surface area contributed by atoms with Gasteiger partial charge in [0.15, 0.2) is 0 Å². The summed E-state index contributed by atoms with van der Waals surface area (Å²) in [5, 5.41) is 9.35. The van der Waals surface area contributed by atoms with Gasteiger partial charge in [-0.15, -0.1) is 0 Å². The topological polar surface area (TPSA) is 36.4 Å². The molecule has 3 nitrogen and oxygen atoms in total. The zero-order valence-corrected chi connectivity index (χ0v) is 11.7. The quantitative estimate of drug-likeness (QED) is 0.841. The summed E-state index contributed by atoms with van der Waals surface area (Å²) in [4.78, 5) is 6.98. The summed E-state index contributed by atoms with van der Waals surface area (Å²) in [7, 11) is 2.11. The van der Waals surface area contributed by atoms with Gasteiger partial charge in [-0.3, -0.25) is 0 Å². The van der Waals surface area contributed by atoms with Crippen molar-refractivity contribution >= 4 is 5.82 Å². The summed E-state index contributed by atoms with van der Waals surface area (Å²) in [6.45, 7) is 4.52. The molecule has 0 aromatic carbocycles. The predicted octanol–water partition coefficient (Wildman–Crippen LogP) is 2.76. The number of aliphatic hydroxyl groups excluding tert-OH is 1. The van der Waals surface area contributed by atoms with Crippen molar-refractivity contribution in [2.24, 2.45) is 5.92 Å². The van der Waals surface area contributed by atoms with Gasteiger partial charge >= 0.3 is 0 Å². The molecule has 0 aliphatic heterocycles. The Balaban J connectivity index is 2.21. The van der Waals surface area contributed by atoms with E-state index < -0.39 is 0 Å². The molecule has 0 radical (unpaired) electrons. The minimum atomic E-state index is 0.0951. The van der Waals surface area contributed by atoms with Gasteiger partial charge in [-0.05, 0) is 49.8 Å². The standard InChI is InChI=1S/C15H24N2O/c1-4-5-14-8-12(10-18)9-15(16-14)17(3)11(2)13-6-7-13/h8-9,11,13,18H,4-7,10H2,1-3H3. The number of aryl methyl sites for hydroxylation is 1. The molecule has 0 bridgehead atoms. The second-order valence-corrected chi connectivity index (χ2v) is 5.42. The highest BCUT2D eigenvalue weighted by molar-refractivity contribution is 5.43. The van der Waals surface area contributed by atoms with Crippen molar-refractivity contribution in [1.29, 1.82) is 0 Å². The van der Waals surface area contributed by atoms with Gasteiger partial charge in [-0.25, -0.2) is 4.98 Å². The summed E-state index contributed by atoms with van der Waals surface area (Å²) in [5.74, 6) is 1.83. The number of rotatable bonds is 6. The predicted molar refractivity (Wildman–Crippen MR) is 74.7 cm³/mol. The molecule has 1 unspecified atom stereocenters. The van der Waals surface area contributed by atoms with Crippen LogP contribution < -0.4 is 4.90 Å². The maximum atomic E-state index is 9.35. The molecule has 18 heavy (non-hydrogen) atoms. The highest BCUT2D eigenvalue weighted by Crippen LogP contribution is 2.36. The van der Waals surface area contributed by atoms with Crippen LogP contribution in [0.1, 0.15) is 44.4 Å². The van der Waals surface area contributed by atoms with Gasteiger partial charge in [0.2, 0.25) is 0 Å². The van der Waals surface area contributed by atoms with Crippen LogP contribution in [0.2, 0.25) is 0 Å². The van der Waals surface area contributed by atoms with Crippen LogP contribution in [-0.2, 0) is 13.0 Å². The average molecular weight is 248 g/mol. The molecule has 1 aromatic heterocycles. The molecule has 1 fully saturated rings. The molecule has 1 atom stereocenters. The molecule has 100 valence electrons. The Kier molecular flexibility index (Phi) is 4.23. The second kappa shape index (κ2) is 5.70. The number of hydrogen-bond acceptors (Lipinski definition) is 3. The summed E-state index contributed by atoms with van der Waals surface area (Å²) in [5.41, 5.74) is 2.06. The number of aromatic nitrogens is 1. The van der Waals surface area contributed by atoms with Crippen LogP contribution in [0.15, 0.2) is 12.1 Å². The van der Waals surface area contributed by atoms with E-state index in [0.29, 0.717) is 6.04 Å². The van der Waals surface area contributed by atoms with E-state index in [0.717, 1.165) is 35.8 Å². The van der Waals surface area contributed by atoms with Gasteiger partial charge in [0.25, 0.3) is 0 Å². The van der Waals surface area contributed by atoms with Crippen LogP contribution >= 0.6 is 0 Å². The summed E-state index contributed by atoms with van der Waals surface area (Å²) in [6.07, 6.45) is 4.75. The zero-order valence-electron chi connectivity index (χ0n) is 11.7. The molecule has 1 aromatic rings. The number of nitrogens with zero attached hydrogens (tertiary/aromatic N) is 2. The fourth-order valence-electron chi connectivity index (χ4n) is 2.39. The van der Waals surface area contributed by atoms with E-state index in [4.69, 9.17) is 4.98 Å². The number of aliphatic hydroxyl groups is 1. The van der Waals surface area contributed by atoms with E-state index in [1.54, 1.807) is 0 Å². The van der Waals surface area contributed by atoms with Crippen LogP contribution in [0.4, 0.5) is 5.82 Å². The lowest BCUT2D eigenvalue weighted by Gasteiger charge is -2.26. The maximum Gasteiger partial charge on any atom is 0.129 e. The molecule has 1 N–H and O–H groups in total. The van der Waals surface area contributed by atoms with Gasteiger partial charge < -0.3 is 10.0 Å². The average Bonchev–Trinajstić information content (AvgIpc) is 3.21. The summed E-state index contributed by atoms with van der Waals surface area (Å²) < 4.78 is 0. The first-order valence-corrected chi connectivity index (χ1v) is 6.99. The molecule has 2 rings (SSSR count). The lowest BCUT2D eigenvalue weighted by Crippen LogP contribution is -2.31. The maximum absolute atomic E-state index is 9.35. The van der Waals surface area contributed by atoms with Gasteiger partial charge in [0.05, 0.1) is 6.61 Å². The number of hydrogen-bond donors (Lipinski definition) is 1. The first kappa shape index (κ1) is 13.3. The third-order valence-corrected chi connectivity index (χ3v) is 3.89. The lowest BCUT2D eigenvalue weighted by atomic mass is 10.1.